The molecule has 1 fully saturated rings. The summed E-state index contributed by atoms with van der Waals surface area (Å²) >= 11 is 0. The Bertz CT molecular complexity index is 499. The lowest BCUT2D eigenvalue weighted by Gasteiger charge is -2.36. The first kappa shape index (κ1) is 14.4. The number of carbonyl (C=O) groups excluding carboxylic acids is 1. The fourth-order valence-corrected chi connectivity index (χ4v) is 3.09. The maximum Gasteiger partial charge on any atom is 0.221 e. The van der Waals surface area contributed by atoms with Crippen molar-refractivity contribution < 1.29 is 4.79 Å². The van der Waals surface area contributed by atoms with Crippen LogP contribution in [0.5, 0.6) is 0 Å². The van der Waals surface area contributed by atoms with Crippen molar-refractivity contribution >= 4 is 11.6 Å². The fourth-order valence-electron chi connectivity index (χ4n) is 3.09. The summed E-state index contributed by atoms with van der Waals surface area (Å²) in [6.07, 6.45) is 4.01. The monoisotopic (exact) mass is 287 g/mol. The highest BCUT2D eigenvalue weighted by Crippen LogP contribution is 2.33. The minimum atomic E-state index is 0.198. The molecule has 1 amide bonds. The highest BCUT2D eigenvalue weighted by molar-refractivity contribution is 5.77. The van der Waals surface area contributed by atoms with Crippen LogP contribution >= 0.6 is 0 Å². The number of nitrogens with one attached hydrogen (secondary N) is 2. The first-order valence-corrected chi connectivity index (χ1v) is 8.14. The summed E-state index contributed by atoms with van der Waals surface area (Å²) in [4.78, 5) is 14.2. The van der Waals surface area contributed by atoms with Gasteiger partial charge in [-0.25, -0.2) is 0 Å². The van der Waals surface area contributed by atoms with E-state index in [9.17, 15) is 4.79 Å². The molecule has 0 spiro atoms. The van der Waals surface area contributed by atoms with E-state index in [2.05, 4.69) is 46.7 Å². The normalized spacial score (nSPS) is 21.0. The van der Waals surface area contributed by atoms with Gasteiger partial charge < -0.3 is 15.5 Å². The number of benzene rings is 1. The van der Waals surface area contributed by atoms with Crippen LogP contribution in [0, 0.1) is 0 Å². The summed E-state index contributed by atoms with van der Waals surface area (Å²) in [6, 6.07) is 9.49. The molecular weight excluding hydrogens is 262 g/mol. The average Bonchev–Trinajstić information content (AvgIpc) is 3.30. The third-order valence-electron chi connectivity index (χ3n) is 4.34. The van der Waals surface area contributed by atoms with Crippen molar-refractivity contribution in [1.82, 2.24) is 10.6 Å². The predicted molar refractivity (Wildman–Crippen MR) is 85.5 cm³/mol. The van der Waals surface area contributed by atoms with Crippen LogP contribution in [0.15, 0.2) is 24.3 Å². The molecule has 1 aliphatic carbocycles. The number of rotatable bonds is 6. The zero-order valence-electron chi connectivity index (χ0n) is 12.8. The second-order valence-electron chi connectivity index (χ2n) is 6.04. The Balaban J connectivity index is 1.63. The van der Waals surface area contributed by atoms with Gasteiger partial charge in [-0.05, 0) is 37.4 Å². The zero-order chi connectivity index (χ0) is 14.7. The molecule has 0 bridgehead atoms. The molecule has 4 heteroatoms. The molecule has 0 saturated heterocycles. The summed E-state index contributed by atoms with van der Waals surface area (Å²) in [6.45, 7) is 4.97. The molecule has 1 heterocycles. The standard InChI is InChI=1S/C17H25N3O/c1-2-18-15-9-11-20(16-6-4-3-5-14(15)16)12-10-17(21)19-13-7-8-13/h3-6,13,15,18H,2,7-12H2,1H3,(H,19,21). The minimum Gasteiger partial charge on any atom is -0.371 e. The molecule has 1 aromatic rings. The largest absolute Gasteiger partial charge is 0.371 e. The number of para-hydroxylation sites is 1. The molecule has 2 N–H and O–H groups in total. The number of hydrogen-bond acceptors (Lipinski definition) is 3. The molecular formula is C17H25N3O. The van der Waals surface area contributed by atoms with Gasteiger partial charge in [0.1, 0.15) is 0 Å². The SMILES string of the molecule is CCNC1CCN(CCC(=O)NC2CC2)c2ccccc21. The topological polar surface area (TPSA) is 44.4 Å². The number of nitrogens with zero attached hydrogens (tertiary/aromatic N) is 1. The molecule has 1 unspecified atom stereocenters. The van der Waals surface area contributed by atoms with Gasteiger partial charge in [0.15, 0.2) is 0 Å². The van der Waals surface area contributed by atoms with E-state index in [0.29, 0.717) is 18.5 Å². The van der Waals surface area contributed by atoms with Gasteiger partial charge in [-0.2, -0.15) is 0 Å². The van der Waals surface area contributed by atoms with Gasteiger partial charge in [-0.3, -0.25) is 4.79 Å². The van der Waals surface area contributed by atoms with Crippen LogP contribution in [-0.4, -0.2) is 31.6 Å². The molecule has 1 aliphatic heterocycles. The Morgan fingerprint density at radius 3 is 2.86 bits per heavy atom. The van der Waals surface area contributed by atoms with E-state index >= 15 is 0 Å². The Morgan fingerprint density at radius 1 is 1.29 bits per heavy atom. The lowest BCUT2D eigenvalue weighted by Crippen LogP contribution is -2.38. The second-order valence-corrected chi connectivity index (χ2v) is 6.04. The molecule has 0 radical (unpaired) electrons. The maximum atomic E-state index is 11.9. The van der Waals surface area contributed by atoms with Crippen molar-refractivity contribution in [3.05, 3.63) is 29.8 Å². The fraction of sp³-hybridized carbons (Fsp3) is 0.588. The summed E-state index contributed by atoms with van der Waals surface area (Å²) in [5.74, 6) is 0.198. The lowest BCUT2D eigenvalue weighted by atomic mass is 9.96. The van der Waals surface area contributed by atoms with E-state index in [1.165, 1.54) is 11.3 Å². The van der Waals surface area contributed by atoms with E-state index in [-0.39, 0.29) is 5.91 Å². The van der Waals surface area contributed by atoms with Crippen molar-refractivity contribution in [3.8, 4) is 0 Å². The van der Waals surface area contributed by atoms with Crippen LogP contribution < -0.4 is 15.5 Å². The Kier molecular flexibility index (Phi) is 4.44. The number of hydrogen-bond donors (Lipinski definition) is 2. The van der Waals surface area contributed by atoms with Gasteiger partial charge in [-0.15, -0.1) is 0 Å². The molecule has 4 nitrogen and oxygen atoms in total. The smallest absolute Gasteiger partial charge is 0.221 e. The zero-order valence-corrected chi connectivity index (χ0v) is 12.8. The van der Waals surface area contributed by atoms with E-state index in [1.807, 2.05) is 0 Å². The Hall–Kier alpha value is -1.55. The molecule has 1 aromatic carbocycles. The number of carbonyl (C=O) groups is 1. The summed E-state index contributed by atoms with van der Waals surface area (Å²) in [5, 5.41) is 6.62. The maximum absolute atomic E-state index is 11.9. The van der Waals surface area contributed by atoms with E-state index < -0.39 is 0 Å². The number of fused-ring (bicyclic) bond motifs is 1. The van der Waals surface area contributed by atoms with Crippen molar-refractivity contribution in [2.24, 2.45) is 0 Å². The minimum absolute atomic E-state index is 0.198. The number of amides is 1. The van der Waals surface area contributed by atoms with E-state index in [0.717, 1.165) is 38.9 Å². The highest BCUT2D eigenvalue weighted by Gasteiger charge is 2.26. The highest BCUT2D eigenvalue weighted by atomic mass is 16.1. The molecule has 1 atom stereocenters. The molecule has 2 aliphatic rings. The second kappa shape index (κ2) is 6.48. The van der Waals surface area contributed by atoms with Crippen LogP contribution in [0.4, 0.5) is 5.69 Å². The quantitative estimate of drug-likeness (QED) is 0.843. The van der Waals surface area contributed by atoms with Crippen molar-refractivity contribution in [2.75, 3.05) is 24.5 Å². The van der Waals surface area contributed by atoms with Crippen molar-refractivity contribution in [3.63, 3.8) is 0 Å². The molecule has 114 valence electrons. The summed E-state index contributed by atoms with van der Waals surface area (Å²) in [5.41, 5.74) is 2.65. The van der Waals surface area contributed by atoms with Crippen molar-refractivity contribution in [1.29, 1.82) is 0 Å². The lowest BCUT2D eigenvalue weighted by molar-refractivity contribution is -0.121. The molecule has 0 aromatic heterocycles. The average molecular weight is 287 g/mol. The van der Waals surface area contributed by atoms with E-state index in [4.69, 9.17) is 0 Å². The van der Waals surface area contributed by atoms with Gasteiger partial charge in [0, 0.05) is 37.3 Å². The predicted octanol–water partition coefficient (Wildman–Crippen LogP) is 2.22. The van der Waals surface area contributed by atoms with Crippen LogP contribution in [0.2, 0.25) is 0 Å². The Labute approximate surface area is 126 Å². The molecule has 1 saturated carbocycles. The van der Waals surface area contributed by atoms with Crippen LogP contribution in [0.3, 0.4) is 0 Å². The van der Waals surface area contributed by atoms with Crippen LogP contribution in [-0.2, 0) is 4.79 Å². The molecule has 21 heavy (non-hydrogen) atoms. The molecule has 3 rings (SSSR count). The third-order valence-corrected chi connectivity index (χ3v) is 4.34. The van der Waals surface area contributed by atoms with Gasteiger partial charge in [0.25, 0.3) is 0 Å². The van der Waals surface area contributed by atoms with Crippen LogP contribution in [0.1, 0.15) is 44.2 Å². The van der Waals surface area contributed by atoms with Gasteiger partial charge in [-0.1, -0.05) is 25.1 Å². The van der Waals surface area contributed by atoms with E-state index in [1.54, 1.807) is 0 Å². The van der Waals surface area contributed by atoms with Gasteiger partial charge in [0.2, 0.25) is 5.91 Å². The summed E-state index contributed by atoms with van der Waals surface area (Å²) in [7, 11) is 0. The van der Waals surface area contributed by atoms with Gasteiger partial charge >= 0.3 is 0 Å². The summed E-state index contributed by atoms with van der Waals surface area (Å²) < 4.78 is 0. The van der Waals surface area contributed by atoms with Crippen molar-refractivity contribution in [2.45, 2.75) is 44.7 Å². The van der Waals surface area contributed by atoms with Crippen LogP contribution in [0.25, 0.3) is 0 Å². The first-order chi connectivity index (χ1) is 10.3. The first-order valence-electron chi connectivity index (χ1n) is 8.14. The third kappa shape index (κ3) is 3.56. The Morgan fingerprint density at radius 2 is 2.10 bits per heavy atom. The van der Waals surface area contributed by atoms with Gasteiger partial charge in [0.05, 0.1) is 0 Å². The number of anilines is 1.